The van der Waals surface area contributed by atoms with Gasteiger partial charge in [0.2, 0.25) is 0 Å². The van der Waals surface area contributed by atoms with Crippen LogP contribution in [0.25, 0.3) is 0 Å². The first-order valence-electron chi connectivity index (χ1n) is 6.61. The monoisotopic (exact) mass is 250 g/mol. The van der Waals surface area contributed by atoms with Crippen LogP contribution in [0.3, 0.4) is 0 Å². The maximum absolute atomic E-state index is 11.9. The SMILES string of the molecule is CC(C)(C)CCCC(=O)c1cn(C2CNC2)nn1. The normalized spacial score (nSPS) is 16.6. The summed E-state index contributed by atoms with van der Waals surface area (Å²) in [6.07, 6.45) is 4.32. The van der Waals surface area contributed by atoms with E-state index in [9.17, 15) is 4.79 Å². The van der Waals surface area contributed by atoms with Crippen LogP contribution in [0.15, 0.2) is 6.20 Å². The Labute approximate surface area is 108 Å². The lowest BCUT2D eigenvalue weighted by molar-refractivity contribution is 0.0971. The van der Waals surface area contributed by atoms with E-state index in [1.807, 2.05) is 0 Å². The Bertz CT molecular complexity index is 415. The molecule has 1 fully saturated rings. The molecule has 2 heterocycles. The van der Waals surface area contributed by atoms with Crippen LogP contribution in [0.2, 0.25) is 0 Å². The van der Waals surface area contributed by atoms with Crippen LogP contribution in [-0.2, 0) is 0 Å². The number of aromatic nitrogens is 3. The number of nitrogens with zero attached hydrogens (tertiary/aromatic N) is 3. The topological polar surface area (TPSA) is 59.8 Å². The number of nitrogens with one attached hydrogen (secondary N) is 1. The van der Waals surface area contributed by atoms with E-state index in [4.69, 9.17) is 0 Å². The molecule has 18 heavy (non-hydrogen) atoms. The zero-order chi connectivity index (χ0) is 13.2. The summed E-state index contributed by atoms with van der Waals surface area (Å²) >= 11 is 0. The van der Waals surface area contributed by atoms with Crippen LogP contribution in [0.5, 0.6) is 0 Å². The van der Waals surface area contributed by atoms with Gasteiger partial charge in [-0.05, 0) is 18.3 Å². The molecule has 0 radical (unpaired) electrons. The van der Waals surface area contributed by atoms with Gasteiger partial charge in [-0.2, -0.15) is 0 Å². The third kappa shape index (κ3) is 3.38. The molecule has 1 aromatic rings. The first-order chi connectivity index (χ1) is 8.46. The van der Waals surface area contributed by atoms with Crippen molar-refractivity contribution in [2.24, 2.45) is 5.41 Å². The van der Waals surface area contributed by atoms with E-state index in [0.717, 1.165) is 25.9 Å². The highest BCUT2D eigenvalue weighted by Crippen LogP contribution is 2.22. The molecule has 0 amide bonds. The Hall–Kier alpha value is -1.23. The molecule has 1 aromatic heterocycles. The third-order valence-electron chi connectivity index (χ3n) is 3.26. The van der Waals surface area contributed by atoms with Crippen molar-refractivity contribution in [3.8, 4) is 0 Å². The standard InChI is InChI=1S/C13H22N4O/c1-13(2,3)6-4-5-12(18)11-9-17(16-15-11)10-7-14-8-10/h9-10,14H,4-8H2,1-3H3. The Kier molecular flexibility index (Phi) is 3.80. The van der Waals surface area contributed by atoms with Crippen molar-refractivity contribution in [1.29, 1.82) is 0 Å². The largest absolute Gasteiger partial charge is 0.312 e. The smallest absolute Gasteiger partial charge is 0.184 e. The lowest BCUT2D eigenvalue weighted by Crippen LogP contribution is -2.43. The van der Waals surface area contributed by atoms with Crippen molar-refractivity contribution in [2.45, 2.75) is 46.1 Å². The molecule has 0 saturated carbocycles. The summed E-state index contributed by atoms with van der Waals surface area (Å²) in [6.45, 7) is 8.41. The first-order valence-corrected chi connectivity index (χ1v) is 6.61. The highest BCUT2D eigenvalue weighted by molar-refractivity contribution is 5.93. The molecule has 5 nitrogen and oxygen atoms in total. The van der Waals surface area contributed by atoms with Gasteiger partial charge in [-0.1, -0.05) is 26.0 Å². The predicted octanol–water partition coefficient (Wildman–Crippen LogP) is 1.82. The van der Waals surface area contributed by atoms with Gasteiger partial charge in [0.15, 0.2) is 5.78 Å². The van der Waals surface area contributed by atoms with Crippen molar-refractivity contribution in [1.82, 2.24) is 20.3 Å². The van der Waals surface area contributed by atoms with E-state index in [0.29, 0.717) is 18.2 Å². The molecule has 1 aliphatic rings. The fourth-order valence-electron chi connectivity index (χ4n) is 1.95. The molecule has 2 rings (SSSR count). The Morgan fingerprint density at radius 3 is 2.78 bits per heavy atom. The van der Waals surface area contributed by atoms with Gasteiger partial charge in [0.25, 0.3) is 0 Å². The van der Waals surface area contributed by atoms with E-state index >= 15 is 0 Å². The number of rotatable bonds is 5. The summed E-state index contributed by atoms with van der Waals surface area (Å²) in [5.74, 6) is 0.109. The third-order valence-corrected chi connectivity index (χ3v) is 3.26. The summed E-state index contributed by atoms with van der Waals surface area (Å²) in [7, 11) is 0. The van der Waals surface area contributed by atoms with E-state index in [1.165, 1.54) is 0 Å². The van der Waals surface area contributed by atoms with Crippen LogP contribution in [0, 0.1) is 5.41 Å². The van der Waals surface area contributed by atoms with E-state index in [-0.39, 0.29) is 11.2 Å². The van der Waals surface area contributed by atoms with Gasteiger partial charge in [0, 0.05) is 19.5 Å². The fourth-order valence-corrected chi connectivity index (χ4v) is 1.95. The molecule has 0 bridgehead atoms. The maximum Gasteiger partial charge on any atom is 0.184 e. The highest BCUT2D eigenvalue weighted by Gasteiger charge is 2.21. The number of hydrogen-bond donors (Lipinski definition) is 1. The predicted molar refractivity (Wildman–Crippen MR) is 69.6 cm³/mol. The number of carbonyl (C=O) groups is 1. The molecule has 1 aliphatic heterocycles. The van der Waals surface area contributed by atoms with Crippen molar-refractivity contribution < 1.29 is 4.79 Å². The van der Waals surface area contributed by atoms with Gasteiger partial charge in [0.1, 0.15) is 5.69 Å². The molecule has 0 atom stereocenters. The second-order valence-corrected chi connectivity index (χ2v) is 6.23. The molecule has 5 heteroatoms. The van der Waals surface area contributed by atoms with Gasteiger partial charge in [-0.15, -0.1) is 5.10 Å². The number of carbonyl (C=O) groups excluding carboxylic acids is 1. The molecular weight excluding hydrogens is 228 g/mol. The minimum Gasteiger partial charge on any atom is -0.312 e. The lowest BCUT2D eigenvalue weighted by Gasteiger charge is -2.26. The average Bonchev–Trinajstić information content (AvgIpc) is 2.62. The van der Waals surface area contributed by atoms with Crippen LogP contribution >= 0.6 is 0 Å². The molecule has 0 unspecified atom stereocenters. The second-order valence-electron chi connectivity index (χ2n) is 6.23. The van der Waals surface area contributed by atoms with E-state index in [2.05, 4.69) is 36.4 Å². The number of ketones is 1. The highest BCUT2D eigenvalue weighted by atomic mass is 16.1. The Balaban J connectivity index is 1.83. The van der Waals surface area contributed by atoms with Gasteiger partial charge in [0.05, 0.1) is 12.2 Å². The molecule has 0 spiro atoms. The average molecular weight is 250 g/mol. The Morgan fingerprint density at radius 1 is 1.50 bits per heavy atom. The minimum absolute atomic E-state index is 0.109. The summed E-state index contributed by atoms with van der Waals surface area (Å²) < 4.78 is 1.80. The van der Waals surface area contributed by atoms with Crippen LogP contribution in [-0.4, -0.2) is 33.9 Å². The van der Waals surface area contributed by atoms with Gasteiger partial charge in [-0.3, -0.25) is 4.79 Å². The van der Waals surface area contributed by atoms with Crippen LogP contribution < -0.4 is 5.32 Å². The summed E-state index contributed by atoms with van der Waals surface area (Å²) in [5, 5.41) is 11.2. The van der Waals surface area contributed by atoms with E-state index in [1.54, 1.807) is 10.9 Å². The van der Waals surface area contributed by atoms with Crippen molar-refractivity contribution in [3.63, 3.8) is 0 Å². The second kappa shape index (κ2) is 5.18. The minimum atomic E-state index is 0.109. The van der Waals surface area contributed by atoms with Gasteiger partial charge in [-0.25, -0.2) is 4.68 Å². The number of Topliss-reactive ketones (excluding diaryl/α,β-unsaturated/α-hetero) is 1. The first kappa shape index (κ1) is 13.2. The summed E-state index contributed by atoms with van der Waals surface area (Å²) in [4.78, 5) is 11.9. The summed E-state index contributed by atoms with van der Waals surface area (Å²) in [6, 6.07) is 0.369. The lowest BCUT2D eigenvalue weighted by atomic mass is 9.89. The van der Waals surface area contributed by atoms with Gasteiger partial charge >= 0.3 is 0 Å². The van der Waals surface area contributed by atoms with Crippen molar-refractivity contribution in [3.05, 3.63) is 11.9 Å². The summed E-state index contributed by atoms with van der Waals surface area (Å²) in [5.41, 5.74) is 0.797. The number of hydrogen-bond acceptors (Lipinski definition) is 4. The quantitative estimate of drug-likeness (QED) is 0.810. The van der Waals surface area contributed by atoms with Gasteiger partial charge < -0.3 is 5.32 Å². The molecular formula is C13H22N4O. The maximum atomic E-state index is 11.9. The van der Waals surface area contributed by atoms with Crippen molar-refractivity contribution >= 4 is 5.78 Å². The van der Waals surface area contributed by atoms with E-state index < -0.39 is 0 Å². The molecule has 1 N–H and O–H groups in total. The molecule has 1 saturated heterocycles. The van der Waals surface area contributed by atoms with Crippen LogP contribution in [0.1, 0.15) is 56.6 Å². The van der Waals surface area contributed by atoms with Crippen LogP contribution in [0.4, 0.5) is 0 Å². The zero-order valence-corrected chi connectivity index (χ0v) is 11.4. The Morgan fingerprint density at radius 2 is 2.22 bits per heavy atom. The zero-order valence-electron chi connectivity index (χ0n) is 11.4. The molecule has 0 aliphatic carbocycles. The molecule has 100 valence electrons. The molecule has 0 aromatic carbocycles. The van der Waals surface area contributed by atoms with Crippen molar-refractivity contribution in [2.75, 3.05) is 13.1 Å². The fraction of sp³-hybridized carbons (Fsp3) is 0.769.